The predicted molar refractivity (Wildman–Crippen MR) is 74.8 cm³/mol. The fraction of sp³-hybridized carbons (Fsp3) is 0.462. The minimum Gasteiger partial charge on any atom is -0.399 e. The van der Waals surface area contributed by atoms with E-state index in [0.717, 1.165) is 12.0 Å². The van der Waals surface area contributed by atoms with E-state index >= 15 is 0 Å². The van der Waals surface area contributed by atoms with Gasteiger partial charge in [-0.15, -0.1) is 0 Å². The number of benzene rings is 1. The molecule has 2 unspecified atom stereocenters. The van der Waals surface area contributed by atoms with E-state index in [0.29, 0.717) is 10.6 Å². The highest BCUT2D eigenvalue weighted by Gasteiger charge is 2.13. The average molecular weight is 268 g/mol. The number of aryl methyl sites for hydroxylation is 1. The lowest BCUT2D eigenvalue weighted by Gasteiger charge is -2.11. The molecule has 1 amide bonds. The maximum Gasteiger partial charge on any atom is 0.233 e. The number of carbonyl (C=O) groups is 1. The Morgan fingerprint density at radius 3 is 2.72 bits per heavy atom. The van der Waals surface area contributed by atoms with Gasteiger partial charge in [0.15, 0.2) is 0 Å². The molecule has 1 aromatic rings. The first-order chi connectivity index (χ1) is 8.43. The summed E-state index contributed by atoms with van der Waals surface area (Å²) in [7, 11) is -1.32. The third-order valence-corrected chi connectivity index (χ3v) is 4.20. The summed E-state index contributed by atoms with van der Waals surface area (Å²) >= 11 is 0. The molecule has 0 spiro atoms. The lowest BCUT2D eigenvalue weighted by Crippen LogP contribution is -2.35. The van der Waals surface area contributed by atoms with E-state index in [2.05, 4.69) is 5.32 Å². The number of amides is 1. The van der Waals surface area contributed by atoms with Crippen molar-refractivity contribution in [1.29, 1.82) is 0 Å². The van der Waals surface area contributed by atoms with Crippen LogP contribution in [0, 0.1) is 6.92 Å². The zero-order valence-corrected chi connectivity index (χ0v) is 11.8. The minimum absolute atomic E-state index is 0.00486. The number of nitrogen functional groups attached to an aromatic ring is 1. The van der Waals surface area contributed by atoms with Gasteiger partial charge in [0.1, 0.15) is 5.75 Å². The standard InChI is InChI=1S/C13H20N2O2S/c1-4-10(3)15-13(16)8-18(17)12-6-5-11(14)7-9(12)2/h5-7,10H,4,8,14H2,1-3H3,(H,15,16). The van der Waals surface area contributed by atoms with Crippen molar-refractivity contribution < 1.29 is 9.00 Å². The van der Waals surface area contributed by atoms with Gasteiger partial charge >= 0.3 is 0 Å². The lowest BCUT2D eigenvalue weighted by molar-refractivity contribution is -0.119. The Labute approximate surface area is 110 Å². The van der Waals surface area contributed by atoms with Crippen LogP contribution in [0.1, 0.15) is 25.8 Å². The van der Waals surface area contributed by atoms with Gasteiger partial charge in [-0.2, -0.15) is 0 Å². The third-order valence-electron chi connectivity index (χ3n) is 2.73. The second-order valence-corrected chi connectivity index (χ2v) is 5.81. The number of hydrogen-bond acceptors (Lipinski definition) is 3. The molecule has 0 aromatic heterocycles. The van der Waals surface area contributed by atoms with Crippen LogP contribution in [-0.2, 0) is 15.6 Å². The Hall–Kier alpha value is -1.36. The Balaban J connectivity index is 2.68. The van der Waals surface area contributed by atoms with Crippen molar-refractivity contribution in [3.63, 3.8) is 0 Å². The molecule has 0 radical (unpaired) electrons. The monoisotopic (exact) mass is 268 g/mol. The van der Waals surface area contributed by atoms with Gasteiger partial charge in [-0.05, 0) is 44.0 Å². The van der Waals surface area contributed by atoms with Crippen molar-refractivity contribution in [2.45, 2.75) is 38.1 Å². The molecule has 5 heteroatoms. The molecule has 0 fully saturated rings. The van der Waals surface area contributed by atoms with Crippen molar-refractivity contribution in [2.75, 3.05) is 11.5 Å². The van der Waals surface area contributed by atoms with E-state index in [1.165, 1.54) is 0 Å². The molecule has 0 saturated heterocycles. The summed E-state index contributed by atoms with van der Waals surface area (Å²) < 4.78 is 12.1. The molecule has 0 aliphatic heterocycles. The van der Waals surface area contributed by atoms with Crippen LogP contribution < -0.4 is 11.1 Å². The van der Waals surface area contributed by atoms with E-state index in [-0.39, 0.29) is 17.7 Å². The quantitative estimate of drug-likeness (QED) is 0.797. The summed E-state index contributed by atoms with van der Waals surface area (Å²) in [5, 5.41) is 2.80. The molecule has 0 heterocycles. The Bertz CT molecular complexity index is 460. The zero-order chi connectivity index (χ0) is 13.7. The number of rotatable bonds is 5. The summed E-state index contributed by atoms with van der Waals surface area (Å²) in [6.45, 7) is 5.76. The largest absolute Gasteiger partial charge is 0.399 e. The molecule has 1 rings (SSSR count). The normalized spacial score (nSPS) is 13.9. The predicted octanol–water partition coefficient (Wildman–Crippen LogP) is 1.60. The number of anilines is 1. The van der Waals surface area contributed by atoms with Crippen molar-refractivity contribution >= 4 is 22.4 Å². The molecule has 0 aliphatic carbocycles. The summed E-state index contributed by atoms with van der Waals surface area (Å²) in [6.07, 6.45) is 0.860. The number of nitrogens with one attached hydrogen (secondary N) is 1. The van der Waals surface area contributed by atoms with Crippen LogP contribution in [0.4, 0.5) is 5.69 Å². The van der Waals surface area contributed by atoms with E-state index in [1.54, 1.807) is 18.2 Å². The van der Waals surface area contributed by atoms with Gasteiger partial charge < -0.3 is 11.1 Å². The molecule has 2 atom stereocenters. The summed E-state index contributed by atoms with van der Waals surface area (Å²) in [5.41, 5.74) is 7.12. The average Bonchev–Trinajstić information content (AvgIpc) is 2.28. The third kappa shape index (κ3) is 4.14. The van der Waals surface area contributed by atoms with Crippen molar-refractivity contribution in [3.05, 3.63) is 23.8 Å². The minimum atomic E-state index is -1.32. The first-order valence-electron chi connectivity index (χ1n) is 5.98. The highest BCUT2D eigenvalue weighted by Crippen LogP contribution is 2.16. The van der Waals surface area contributed by atoms with Crippen LogP contribution in [0.3, 0.4) is 0 Å². The van der Waals surface area contributed by atoms with Gasteiger partial charge in [-0.25, -0.2) is 0 Å². The van der Waals surface area contributed by atoms with Gasteiger partial charge in [0.05, 0.1) is 10.8 Å². The van der Waals surface area contributed by atoms with E-state index < -0.39 is 10.8 Å². The summed E-state index contributed by atoms with van der Waals surface area (Å²) in [5.74, 6) is -0.186. The Kier molecular flexibility index (Phi) is 5.34. The van der Waals surface area contributed by atoms with Gasteiger partial charge in [0.25, 0.3) is 0 Å². The molecule has 4 nitrogen and oxygen atoms in total. The molecular formula is C13H20N2O2S. The van der Waals surface area contributed by atoms with Gasteiger partial charge in [-0.1, -0.05) is 6.92 Å². The molecule has 1 aromatic carbocycles. The van der Waals surface area contributed by atoms with E-state index in [9.17, 15) is 9.00 Å². The lowest BCUT2D eigenvalue weighted by atomic mass is 10.2. The van der Waals surface area contributed by atoms with Crippen molar-refractivity contribution in [2.24, 2.45) is 0 Å². The molecule has 3 N–H and O–H groups in total. The number of nitrogens with two attached hydrogens (primary N) is 1. The first kappa shape index (κ1) is 14.7. The molecule has 0 aliphatic rings. The topological polar surface area (TPSA) is 72.2 Å². The SMILES string of the molecule is CCC(C)NC(=O)CS(=O)c1ccc(N)cc1C. The van der Waals surface area contributed by atoms with Crippen LogP contribution in [0.25, 0.3) is 0 Å². The molecule has 100 valence electrons. The fourth-order valence-electron chi connectivity index (χ4n) is 1.54. The highest BCUT2D eigenvalue weighted by molar-refractivity contribution is 7.85. The maximum atomic E-state index is 12.1. The van der Waals surface area contributed by atoms with E-state index in [1.807, 2.05) is 20.8 Å². The van der Waals surface area contributed by atoms with Crippen molar-refractivity contribution in [3.8, 4) is 0 Å². The number of carbonyl (C=O) groups excluding carboxylic acids is 1. The van der Waals surface area contributed by atoms with Gasteiger partial charge in [-0.3, -0.25) is 9.00 Å². The van der Waals surface area contributed by atoms with Gasteiger partial charge in [0, 0.05) is 16.6 Å². The van der Waals surface area contributed by atoms with Crippen LogP contribution >= 0.6 is 0 Å². The first-order valence-corrected chi connectivity index (χ1v) is 7.29. The summed E-state index contributed by atoms with van der Waals surface area (Å²) in [4.78, 5) is 12.3. The Morgan fingerprint density at radius 2 is 2.17 bits per heavy atom. The summed E-state index contributed by atoms with van der Waals surface area (Å²) in [6, 6.07) is 5.30. The van der Waals surface area contributed by atoms with Crippen LogP contribution in [0.5, 0.6) is 0 Å². The van der Waals surface area contributed by atoms with Crippen molar-refractivity contribution in [1.82, 2.24) is 5.32 Å². The Morgan fingerprint density at radius 1 is 1.50 bits per heavy atom. The number of hydrogen-bond donors (Lipinski definition) is 2. The zero-order valence-electron chi connectivity index (χ0n) is 11.0. The maximum absolute atomic E-state index is 12.1. The molecule has 18 heavy (non-hydrogen) atoms. The second-order valence-electron chi connectivity index (χ2n) is 4.39. The highest BCUT2D eigenvalue weighted by atomic mass is 32.2. The smallest absolute Gasteiger partial charge is 0.233 e. The van der Waals surface area contributed by atoms with Crippen LogP contribution in [0.2, 0.25) is 0 Å². The molecule has 0 bridgehead atoms. The molecule has 0 saturated carbocycles. The molecular weight excluding hydrogens is 248 g/mol. The van der Waals surface area contributed by atoms with Crippen LogP contribution in [0.15, 0.2) is 23.1 Å². The van der Waals surface area contributed by atoms with Gasteiger partial charge in [0.2, 0.25) is 5.91 Å². The van der Waals surface area contributed by atoms with Crippen LogP contribution in [-0.4, -0.2) is 21.9 Å². The van der Waals surface area contributed by atoms with E-state index in [4.69, 9.17) is 5.73 Å². The fourth-order valence-corrected chi connectivity index (χ4v) is 2.66. The second kappa shape index (κ2) is 6.54.